The Morgan fingerprint density at radius 3 is 2.30 bits per heavy atom. The standard InChI is InChI=1S/C18H29N3O3S.ClH.H2O/c1-15-8-10-16(11-9-15)25(23,24)20-17(7-3-4-12-19)18(22)21-13-5-2-6-14-21;;/h8-11,17,20H,2-7,12-14,19H2,1H3;1H;1H2. The molecular weight excluding hydrogens is 390 g/mol. The summed E-state index contributed by atoms with van der Waals surface area (Å²) in [7, 11) is -3.73. The number of carbonyl (C=O) groups is 1. The van der Waals surface area contributed by atoms with Crippen molar-refractivity contribution in [2.45, 2.75) is 56.4 Å². The van der Waals surface area contributed by atoms with Crippen molar-refractivity contribution >= 4 is 28.3 Å². The van der Waals surface area contributed by atoms with Crippen molar-refractivity contribution in [1.29, 1.82) is 0 Å². The van der Waals surface area contributed by atoms with Crippen LogP contribution in [-0.4, -0.2) is 50.4 Å². The van der Waals surface area contributed by atoms with Crippen LogP contribution >= 0.6 is 12.4 Å². The second-order valence-electron chi connectivity index (χ2n) is 6.66. The molecular formula is C18H32ClN3O4S. The van der Waals surface area contributed by atoms with E-state index in [9.17, 15) is 13.2 Å². The van der Waals surface area contributed by atoms with Crippen LogP contribution in [-0.2, 0) is 14.8 Å². The normalized spacial score (nSPS) is 15.4. The minimum Gasteiger partial charge on any atom is -0.412 e. The number of carbonyl (C=O) groups excluding carboxylic acids is 1. The van der Waals surface area contributed by atoms with Crippen LogP contribution in [0, 0.1) is 6.92 Å². The number of rotatable bonds is 8. The monoisotopic (exact) mass is 421 g/mol. The van der Waals surface area contributed by atoms with E-state index < -0.39 is 16.1 Å². The highest BCUT2D eigenvalue weighted by Gasteiger charge is 2.29. The molecule has 7 nitrogen and oxygen atoms in total. The number of aryl methyl sites for hydroxylation is 1. The first-order valence-corrected chi connectivity index (χ1v) is 10.5. The highest BCUT2D eigenvalue weighted by Crippen LogP contribution is 2.16. The van der Waals surface area contributed by atoms with E-state index in [1.54, 1.807) is 29.2 Å². The molecule has 1 unspecified atom stereocenters. The maximum Gasteiger partial charge on any atom is 0.241 e. The number of nitrogens with zero attached hydrogens (tertiary/aromatic N) is 1. The van der Waals surface area contributed by atoms with Gasteiger partial charge in [0.25, 0.3) is 0 Å². The molecule has 1 aromatic rings. The zero-order valence-electron chi connectivity index (χ0n) is 15.8. The molecule has 1 heterocycles. The van der Waals surface area contributed by atoms with Gasteiger partial charge < -0.3 is 16.1 Å². The molecule has 27 heavy (non-hydrogen) atoms. The van der Waals surface area contributed by atoms with Gasteiger partial charge in [-0.1, -0.05) is 24.1 Å². The SMILES string of the molecule is Cc1ccc(S(=O)(=O)NC(CCCCN)C(=O)N2CCCCC2)cc1.Cl.O. The van der Waals surface area contributed by atoms with Crippen molar-refractivity contribution in [3.8, 4) is 0 Å². The fraction of sp³-hybridized carbons (Fsp3) is 0.611. The third-order valence-electron chi connectivity index (χ3n) is 4.54. The van der Waals surface area contributed by atoms with E-state index in [0.29, 0.717) is 26.1 Å². The molecule has 0 radical (unpaired) electrons. The molecule has 0 aliphatic carbocycles. The van der Waals surface area contributed by atoms with Gasteiger partial charge in [0.2, 0.25) is 15.9 Å². The summed E-state index contributed by atoms with van der Waals surface area (Å²) in [4.78, 5) is 14.8. The number of amides is 1. The molecule has 1 aliphatic heterocycles. The molecule has 0 aromatic heterocycles. The summed E-state index contributed by atoms with van der Waals surface area (Å²) in [5.41, 5.74) is 6.52. The van der Waals surface area contributed by atoms with Crippen molar-refractivity contribution < 1.29 is 18.7 Å². The smallest absolute Gasteiger partial charge is 0.241 e. The van der Waals surface area contributed by atoms with Gasteiger partial charge >= 0.3 is 0 Å². The van der Waals surface area contributed by atoms with Gasteiger partial charge in [0.15, 0.2) is 0 Å². The number of unbranched alkanes of at least 4 members (excludes halogenated alkanes) is 1. The minimum atomic E-state index is -3.73. The Bertz CT molecular complexity index is 662. The summed E-state index contributed by atoms with van der Waals surface area (Å²) in [5.74, 6) is -0.118. The maximum absolute atomic E-state index is 12.8. The number of benzene rings is 1. The Morgan fingerprint density at radius 1 is 1.15 bits per heavy atom. The average Bonchev–Trinajstić information content (AvgIpc) is 2.61. The van der Waals surface area contributed by atoms with Crippen molar-refractivity contribution in [1.82, 2.24) is 9.62 Å². The lowest BCUT2D eigenvalue weighted by molar-refractivity contribution is -0.134. The molecule has 2 rings (SSSR count). The van der Waals surface area contributed by atoms with Crippen LogP contribution in [0.1, 0.15) is 44.1 Å². The van der Waals surface area contributed by atoms with Gasteiger partial charge in [-0.3, -0.25) is 4.79 Å². The van der Waals surface area contributed by atoms with Crippen LogP contribution in [0.2, 0.25) is 0 Å². The van der Waals surface area contributed by atoms with Crippen molar-refractivity contribution in [2.75, 3.05) is 19.6 Å². The lowest BCUT2D eigenvalue weighted by atomic mass is 10.1. The van der Waals surface area contributed by atoms with Crippen LogP contribution in [0.3, 0.4) is 0 Å². The van der Waals surface area contributed by atoms with Crippen molar-refractivity contribution in [3.05, 3.63) is 29.8 Å². The summed E-state index contributed by atoms with van der Waals surface area (Å²) in [6.07, 6.45) is 5.04. The number of piperidine rings is 1. The summed E-state index contributed by atoms with van der Waals surface area (Å²) in [6.45, 7) is 3.85. The Morgan fingerprint density at radius 2 is 1.74 bits per heavy atom. The second-order valence-corrected chi connectivity index (χ2v) is 8.37. The van der Waals surface area contributed by atoms with Crippen LogP contribution in [0.15, 0.2) is 29.2 Å². The maximum atomic E-state index is 12.8. The Balaban J connectivity index is 0.00000338. The molecule has 0 bridgehead atoms. The van der Waals surface area contributed by atoms with Gasteiger partial charge in [-0.25, -0.2) is 8.42 Å². The van der Waals surface area contributed by atoms with Gasteiger partial charge in [-0.05, 0) is 57.7 Å². The topological polar surface area (TPSA) is 124 Å². The number of hydrogen-bond donors (Lipinski definition) is 2. The van der Waals surface area contributed by atoms with E-state index in [0.717, 1.165) is 37.7 Å². The summed E-state index contributed by atoms with van der Waals surface area (Å²) in [6, 6.07) is 5.92. The van der Waals surface area contributed by atoms with Crippen LogP contribution < -0.4 is 10.5 Å². The molecule has 1 fully saturated rings. The molecule has 1 atom stereocenters. The highest BCUT2D eigenvalue weighted by atomic mass is 35.5. The minimum absolute atomic E-state index is 0. The van der Waals surface area contributed by atoms with Gasteiger partial charge in [0.1, 0.15) is 6.04 Å². The Kier molecular flexibility index (Phi) is 11.8. The number of nitrogens with one attached hydrogen (secondary N) is 1. The quantitative estimate of drug-likeness (QED) is 0.615. The largest absolute Gasteiger partial charge is 0.412 e. The zero-order valence-corrected chi connectivity index (χ0v) is 17.4. The first kappa shape index (κ1) is 25.8. The lowest BCUT2D eigenvalue weighted by Crippen LogP contribution is -2.49. The van der Waals surface area contributed by atoms with Gasteiger partial charge in [-0.15, -0.1) is 12.4 Å². The van der Waals surface area contributed by atoms with Gasteiger partial charge in [-0.2, -0.15) is 4.72 Å². The van der Waals surface area contributed by atoms with E-state index in [1.165, 1.54) is 0 Å². The second kappa shape index (κ2) is 12.3. The third-order valence-corrected chi connectivity index (χ3v) is 6.03. The lowest BCUT2D eigenvalue weighted by Gasteiger charge is -2.30. The number of sulfonamides is 1. The fourth-order valence-electron chi connectivity index (χ4n) is 3.03. The van der Waals surface area contributed by atoms with Gasteiger partial charge in [0.05, 0.1) is 4.90 Å². The molecule has 156 valence electrons. The summed E-state index contributed by atoms with van der Waals surface area (Å²) < 4.78 is 28.0. The van der Waals surface area contributed by atoms with E-state index in [1.807, 2.05) is 6.92 Å². The molecule has 1 aliphatic rings. The van der Waals surface area contributed by atoms with Crippen LogP contribution in [0.25, 0.3) is 0 Å². The number of likely N-dealkylation sites (tertiary alicyclic amines) is 1. The van der Waals surface area contributed by atoms with Crippen LogP contribution in [0.5, 0.6) is 0 Å². The zero-order chi connectivity index (χ0) is 18.3. The summed E-state index contributed by atoms with van der Waals surface area (Å²) in [5, 5.41) is 0. The first-order chi connectivity index (χ1) is 11.9. The van der Waals surface area contributed by atoms with E-state index in [2.05, 4.69) is 4.72 Å². The predicted molar refractivity (Wildman–Crippen MR) is 109 cm³/mol. The molecule has 1 amide bonds. The number of nitrogens with two attached hydrogens (primary N) is 1. The molecule has 1 aromatic carbocycles. The Hall–Kier alpha value is -1.19. The third kappa shape index (κ3) is 7.75. The first-order valence-electron chi connectivity index (χ1n) is 9.02. The predicted octanol–water partition coefficient (Wildman–Crippen LogP) is 1.38. The molecule has 5 N–H and O–H groups in total. The number of halogens is 1. The molecule has 9 heteroatoms. The molecule has 0 saturated carbocycles. The molecule has 1 saturated heterocycles. The van der Waals surface area contributed by atoms with Crippen LogP contribution in [0.4, 0.5) is 0 Å². The van der Waals surface area contributed by atoms with E-state index in [-0.39, 0.29) is 28.7 Å². The van der Waals surface area contributed by atoms with Crippen molar-refractivity contribution in [3.63, 3.8) is 0 Å². The Labute approximate surface area is 168 Å². The van der Waals surface area contributed by atoms with Gasteiger partial charge in [0, 0.05) is 13.1 Å². The number of hydrogen-bond acceptors (Lipinski definition) is 4. The van der Waals surface area contributed by atoms with E-state index in [4.69, 9.17) is 5.73 Å². The van der Waals surface area contributed by atoms with E-state index >= 15 is 0 Å². The highest BCUT2D eigenvalue weighted by molar-refractivity contribution is 7.89. The fourth-order valence-corrected chi connectivity index (χ4v) is 4.26. The van der Waals surface area contributed by atoms with Crippen molar-refractivity contribution in [2.24, 2.45) is 5.73 Å². The average molecular weight is 422 g/mol. The molecule has 0 spiro atoms. The summed E-state index contributed by atoms with van der Waals surface area (Å²) >= 11 is 0.